The Morgan fingerprint density at radius 3 is 2.89 bits per heavy atom. The first kappa shape index (κ1) is 12.7. The molecule has 0 radical (unpaired) electrons. The van der Waals surface area contributed by atoms with Gasteiger partial charge in [0.25, 0.3) is 5.92 Å². The Hall–Kier alpha value is -1.30. The molecule has 6 heteroatoms. The summed E-state index contributed by atoms with van der Waals surface area (Å²) in [5, 5.41) is 3.04. The lowest BCUT2D eigenvalue weighted by molar-refractivity contribution is -0.131. The molecule has 19 heavy (non-hydrogen) atoms. The first-order chi connectivity index (χ1) is 9.04. The fourth-order valence-electron chi connectivity index (χ4n) is 3.07. The van der Waals surface area contributed by atoms with Gasteiger partial charge in [-0.25, -0.2) is 18.2 Å². The molecule has 0 aromatic carbocycles. The first-order valence-corrected chi connectivity index (χ1v) is 6.48. The molecule has 0 bridgehead atoms. The zero-order valence-corrected chi connectivity index (χ0v) is 10.5. The van der Waals surface area contributed by atoms with Crippen molar-refractivity contribution < 1.29 is 13.2 Å². The summed E-state index contributed by atoms with van der Waals surface area (Å²) in [7, 11) is 0. The number of alkyl halides is 2. The predicted octanol–water partition coefficient (Wildman–Crippen LogP) is 2.05. The highest BCUT2D eigenvalue weighted by Crippen LogP contribution is 2.48. The molecule has 1 N–H and O–H groups in total. The molecule has 2 fully saturated rings. The van der Waals surface area contributed by atoms with Crippen molar-refractivity contribution in [3.05, 3.63) is 24.1 Å². The molecule has 104 valence electrons. The SMILES string of the molecule is Fc1cccnc1N1CC[C@]2(CNCCC2(F)F)C1. The highest BCUT2D eigenvalue weighted by atomic mass is 19.3. The second-order valence-corrected chi connectivity index (χ2v) is 5.39. The largest absolute Gasteiger partial charge is 0.353 e. The summed E-state index contributed by atoms with van der Waals surface area (Å²) >= 11 is 0. The van der Waals surface area contributed by atoms with Gasteiger partial charge < -0.3 is 10.2 Å². The average molecular weight is 271 g/mol. The Bertz CT molecular complexity index is 480. The smallest absolute Gasteiger partial charge is 0.257 e. The highest BCUT2D eigenvalue weighted by Gasteiger charge is 2.58. The van der Waals surface area contributed by atoms with Crippen molar-refractivity contribution in [1.82, 2.24) is 10.3 Å². The number of nitrogens with one attached hydrogen (secondary N) is 1. The zero-order valence-electron chi connectivity index (χ0n) is 10.5. The summed E-state index contributed by atoms with van der Waals surface area (Å²) in [6.07, 6.45) is 1.70. The normalized spacial score (nSPS) is 29.9. The van der Waals surface area contributed by atoms with Gasteiger partial charge >= 0.3 is 0 Å². The number of rotatable bonds is 1. The van der Waals surface area contributed by atoms with E-state index in [0.717, 1.165) is 0 Å². The molecule has 3 rings (SSSR count). The Morgan fingerprint density at radius 1 is 1.32 bits per heavy atom. The van der Waals surface area contributed by atoms with Crippen molar-refractivity contribution in [2.45, 2.75) is 18.8 Å². The maximum Gasteiger partial charge on any atom is 0.257 e. The number of aromatic nitrogens is 1. The summed E-state index contributed by atoms with van der Waals surface area (Å²) in [6, 6.07) is 2.81. The number of anilines is 1. The average Bonchev–Trinajstić information content (AvgIpc) is 2.80. The maximum atomic E-state index is 14.2. The topological polar surface area (TPSA) is 28.2 Å². The van der Waals surface area contributed by atoms with Crippen molar-refractivity contribution in [1.29, 1.82) is 0 Å². The number of pyridine rings is 1. The molecule has 2 saturated heterocycles. The Morgan fingerprint density at radius 2 is 2.16 bits per heavy atom. The van der Waals surface area contributed by atoms with Gasteiger partial charge in [0.05, 0.1) is 5.41 Å². The quantitative estimate of drug-likeness (QED) is 0.847. The van der Waals surface area contributed by atoms with Crippen molar-refractivity contribution >= 4 is 5.82 Å². The van der Waals surface area contributed by atoms with Gasteiger partial charge in [0, 0.05) is 38.8 Å². The lowest BCUT2D eigenvalue weighted by Crippen LogP contribution is -2.55. The van der Waals surface area contributed by atoms with E-state index in [2.05, 4.69) is 10.3 Å². The number of hydrogen-bond donors (Lipinski definition) is 1. The van der Waals surface area contributed by atoms with Gasteiger partial charge in [-0.1, -0.05) is 0 Å². The molecule has 0 unspecified atom stereocenters. The Balaban J connectivity index is 1.85. The Kier molecular flexibility index (Phi) is 2.92. The monoisotopic (exact) mass is 271 g/mol. The van der Waals surface area contributed by atoms with Gasteiger partial charge in [-0.05, 0) is 18.6 Å². The van der Waals surface area contributed by atoms with E-state index in [0.29, 0.717) is 19.5 Å². The van der Waals surface area contributed by atoms with Crippen LogP contribution in [0.2, 0.25) is 0 Å². The number of hydrogen-bond acceptors (Lipinski definition) is 3. The molecule has 0 amide bonds. The van der Waals surface area contributed by atoms with E-state index >= 15 is 0 Å². The minimum absolute atomic E-state index is 0.147. The molecule has 1 aromatic rings. The van der Waals surface area contributed by atoms with Gasteiger partial charge in [0.2, 0.25) is 0 Å². The summed E-state index contributed by atoms with van der Waals surface area (Å²) in [5.74, 6) is -2.97. The highest BCUT2D eigenvalue weighted by molar-refractivity contribution is 5.42. The van der Waals surface area contributed by atoms with Gasteiger partial charge in [-0.15, -0.1) is 0 Å². The third-order valence-corrected chi connectivity index (χ3v) is 4.25. The molecular weight excluding hydrogens is 255 g/mol. The van der Waals surface area contributed by atoms with Crippen LogP contribution in [-0.2, 0) is 0 Å². The molecule has 3 heterocycles. The van der Waals surface area contributed by atoms with Crippen LogP contribution in [0.25, 0.3) is 0 Å². The van der Waals surface area contributed by atoms with Crippen molar-refractivity contribution in [3.8, 4) is 0 Å². The minimum atomic E-state index is -2.70. The molecule has 0 saturated carbocycles. The van der Waals surface area contributed by atoms with Crippen LogP contribution in [0, 0.1) is 11.2 Å². The van der Waals surface area contributed by atoms with Gasteiger partial charge in [-0.3, -0.25) is 0 Å². The van der Waals surface area contributed by atoms with Crippen molar-refractivity contribution in [2.24, 2.45) is 5.41 Å². The molecule has 1 aromatic heterocycles. The van der Waals surface area contributed by atoms with Crippen LogP contribution in [0.5, 0.6) is 0 Å². The predicted molar refractivity (Wildman–Crippen MR) is 65.9 cm³/mol. The summed E-state index contributed by atoms with van der Waals surface area (Å²) in [5.41, 5.74) is -1.09. The maximum absolute atomic E-state index is 14.2. The van der Waals surface area contributed by atoms with E-state index in [-0.39, 0.29) is 25.3 Å². The number of piperidine rings is 1. The summed E-state index contributed by atoms with van der Waals surface area (Å²) in [4.78, 5) is 5.61. The summed E-state index contributed by atoms with van der Waals surface area (Å²) in [6.45, 7) is 1.20. The third kappa shape index (κ3) is 1.98. The second kappa shape index (κ2) is 4.37. The number of halogens is 3. The van der Waals surface area contributed by atoms with Gasteiger partial charge in [-0.2, -0.15) is 0 Å². The zero-order chi connectivity index (χ0) is 13.5. The van der Waals surface area contributed by atoms with Crippen molar-refractivity contribution in [3.63, 3.8) is 0 Å². The third-order valence-electron chi connectivity index (χ3n) is 4.25. The van der Waals surface area contributed by atoms with E-state index in [9.17, 15) is 13.2 Å². The van der Waals surface area contributed by atoms with Gasteiger partial charge in [0.1, 0.15) is 0 Å². The molecule has 2 aliphatic rings. The van der Waals surface area contributed by atoms with Crippen LogP contribution in [0.3, 0.4) is 0 Å². The Labute approximate surface area is 109 Å². The minimum Gasteiger partial charge on any atom is -0.353 e. The van der Waals surface area contributed by atoms with Crippen LogP contribution >= 0.6 is 0 Å². The lowest BCUT2D eigenvalue weighted by Gasteiger charge is -2.41. The van der Waals surface area contributed by atoms with E-state index in [4.69, 9.17) is 0 Å². The molecule has 2 aliphatic heterocycles. The lowest BCUT2D eigenvalue weighted by atomic mass is 9.76. The number of nitrogens with zero attached hydrogens (tertiary/aromatic N) is 2. The first-order valence-electron chi connectivity index (χ1n) is 6.48. The van der Waals surface area contributed by atoms with Crippen LogP contribution in [-0.4, -0.2) is 37.1 Å². The van der Waals surface area contributed by atoms with E-state index in [1.807, 2.05) is 0 Å². The molecule has 1 spiro atoms. The molecule has 1 atom stereocenters. The van der Waals surface area contributed by atoms with Crippen LogP contribution < -0.4 is 10.2 Å². The van der Waals surface area contributed by atoms with Crippen LogP contribution in [0.1, 0.15) is 12.8 Å². The van der Waals surface area contributed by atoms with E-state index < -0.39 is 17.2 Å². The molecular formula is C13H16F3N3. The fraction of sp³-hybridized carbons (Fsp3) is 0.615. The fourth-order valence-corrected chi connectivity index (χ4v) is 3.07. The van der Waals surface area contributed by atoms with E-state index in [1.54, 1.807) is 4.90 Å². The van der Waals surface area contributed by atoms with Crippen LogP contribution in [0.15, 0.2) is 18.3 Å². The molecule has 0 aliphatic carbocycles. The summed E-state index contributed by atoms with van der Waals surface area (Å²) < 4.78 is 42.0. The standard InChI is InChI=1S/C13H16F3N3/c14-10-2-1-5-18-11(10)19-7-4-12(9-19)8-17-6-3-13(12,15)16/h1-2,5,17H,3-4,6-9H2/t12-/m0/s1. The van der Waals surface area contributed by atoms with Gasteiger partial charge in [0.15, 0.2) is 11.6 Å². The second-order valence-electron chi connectivity index (χ2n) is 5.39. The van der Waals surface area contributed by atoms with E-state index in [1.165, 1.54) is 18.3 Å². The van der Waals surface area contributed by atoms with Crippen LogP contribution in [0.4, 0.5) is 19.0 Å². The molecule has 3 nitrogen and oxygen atoms in total. The van der Waals surface area contributed by atoms with Crippen molar-refractivity contribution in [2.75, 3.05) is 31.1 Å².